The van der Waals surface area contributed by atoms with Crippen molar-refractivity contribution in [2.45, 2.75) is 25.9 Å². The van der Waals surface area contributed by atoms with Gasteiger partial charge in [0.2, 0.25) is 0 Å². The Morgan fingerprint density at radius 1 is 1.43 bits per heavy atom. The van der Waals surface area contributed by atoms with Crippen LogP contribution in [-0.2, 0) is 16.0 Å². The number of hydrogen-bond acceptors (Lipinski definition) is 6. The van der Waals surface area contributed by atoms with E-state index in [0.29, 0.717) is 12.1 Å². The summed E-state index contributed by atoms with van der Waals surface area (Å²) in [5.41, 5.74) is 0.503. The molecule has 1 aromatic rings. The number of rotatable bonds is 6. The zero-order valence-electron chi connectivity index (χ0n) is 13.0. The van der Waals surface area contributed by atoms with Crippen LogP contribution in [0, 0.1) is 0 Å². The molecule has 0 aromatic carbocycles. The number of hydrogen-bond donors (Lipinski definition) is 1. The van der Waals surface area contributed by atoms with Crippen molar-refractivity contribution in [2.75, 3.05) is 40.0 Å². The standard InChI is InChI=1S/C15H24N2O4/c1-15(2,17-4-6-20-7-5-17)11-16-9-13-8-12(10-21-13)14(18)19-3/h8,10,16H,4-7,9,11H2,1-3H3. The third kappa shape index (κ3) is 4.30. The number of carbonyl (C=O) groups excluding carboxylic acids is 1. The molecule has 0 unspecified atom stereocenters. The molecule has 0 spiro atoms. The fourth-order valence-electron chi connectivity index (χ4n) is 2.47. The minimum atomic E-state index is -0.376. The normalized spacial score (nSPS) is 16.9. The van der Waals surface area contributed by atoms with Gasteiger partial charge in [0.1, 0.15) is 12.0 Å². The molecule has 6 nitrogen and oxygen atoms in total. The van der Waals surface area contributed by atoms with Crippen molar-refractivity contribution < 1.29 is 18.7 Å². The molecule has 0 atom stereocenters. The maximum Gasteiger partial charge on any atom is 0.341 e. The first-order valence-corrected chi connectivity index (χ1v) is 7.22. The summed E-state index contributed by atoms with van der Waals surface area (Å²) in [5, 5.41) is 3.38. The Kier molecular flexibility index (Phi) is 5.39. The summed E-state index contributed by atoms with van der Waals surface area (Å²) in [5.74, 6) is 0.354. The molecule has 1 fully saturated rings. The monoisotopic (exact) mass is 296 g/mol. The van der Waals surface area contributed by atoms with E-state index < -0.39 is 0 Å². The van der Waals surface area contributed by atoms with Gasteiger partial charge in [-0.1, -0.05) is 0 Å². The lowest BCUT2D eigenvalue weighted by atomic mass is 10.0. The van der Waals surface area contributed by atoms with Crippen molar-refractivity contribution in [3.63, 3.8) is 0 Å². The van der Waals surface area contributed by atoms with Gasteiger partial charge in [-0.25, -0.2) is 4.79 Å². The summed E-state index contributed by atoms with van der Waals surface area (Å²) >= 11 is 0. The van der Waals surface area contributed by atoms with E-state index >= 15 is 0 Å². The topological polar surface area (TPSA) is 63.9 Å². The molecule has 1 aliphatic rings. The second-order valence-electron chi connectivity index (χ2n) is 5.81. The van der Waals surface area contributed by atoms with Crippen molar-refractivity contribution >= 4 is 5.97 Å². The van der Waals surface area contributed by atoms with Crippen LogP contribution in [0.4, 0.5) is 0 Å². The molecule has 1 saturated heterocycles. The number of methoxy groups -OCH3 is 1. The van der Waals surface area contributed by atoms with Gasteiger partial charge < -0.3 is 19.2 Å². The van der Waals surface area contributed by atoms with Crippen LogP contribution in [0.1, 0.15) is 30.0 Å². The Morgan fingerprint density at radius 2 is 2.14 bits per heavy atom. The molecular formula is C15H24N2O4. The highest BCUT2D eigenvalue weighted by molar-refractivity contribution is 5.88. The van der Waals surface area contributed by atoms with Gasteiger partial charge in [-0.15, -0.1) is 0 Å². The highest BCUT2D eigenvalue weighted by atomic mass is 16.5. The van der Waals surface area contributed by atoms with Crippen LogP contribution >= 0.6 is 0 Å². The van der Waals surface area contributed by atoms with E-state index in [2.05, 4.69) is 28.8 Å². The van der Waals surface area contributed by atoms with Gasteiger partial charge in [-0.2, -0.15) is 0 Å². The van der Waals surface area contributed by atoms with E-state index in [9.17, 15) is 4.79 Å². The maximum absolute atomic E-state index is 11.3. The van der Waals surface area contributed by atoms with Gasteiger partial charge in [0, 0.05) is 25.2 Å². The number of esters is 1. The van der Waals surface area contributed by atoms with Gasteiger partial charge in [0.25, 0.3) is 0 Å². The van der Waals surface area contributed by atoms with Gasteiger partial charge in [-0.05, 0) is 19.9 Å². The molecule has 21 heavy (non-hydrogen) atoms. The van der Waals surface area contributed by atoms with Crippen molar-refractivity contribution in [1.29, 1.82) is 0 Å². The Bertz CT molecular complexity index is 464. The minimum absolute atomic E-state index is 0.0571. The number of furan rings is 1. The van der Waals surface area contributed by atoms with E-state index in [1.165, 1.54) is 13.4 Å². The quantitative estimate of drug-likeness (QED) is 0.798. The third-order valence-corrected chi connectivity index (χ3v) is 3.80. The Balaban J connectivity index is 1.80. The summed E-state index contributed by atoms with van der Waals surface area (Å²) in [6, 6.07) is 1.71. The molecule has 0 saturated carbocycles. The SMILES string of the molecule is COC(=O)c1coc(CNCC(C)(C)N2CCOCC2)c1. The van der Waals surface area contributed by atoms with E-state index in [1.54, 1.807) is 6.07 Å². The van der Waals surface area contributed by atoms with Gasteiger partial charge in [0.05, 0.1) is 32.4 Å². The van der Waals surface area contributed by atoms with E-state index in [1.807, 2.05) is 0 Å². The number of morpholine rings is 1. The van der Waals surface area contributed by atoms with Crippen LogP contribution in [0.3, 0.4) is 0 Å². The summed E-state index contributed by atoms with van der Waals surface area (Å²) < 4.78 is 15.4. The second-order valence-corrected chi connectivity index (χ2v) is 5.81. The molecular weight excluding hydrogens is 272 g/mol. The Morgan fingerprint density at radius 3 is 2.81 bits per heavy atom. The van der Waals surface area contributed by atoms with Gasteiger partial charge >= 0.3 is 5.97 Å². The predicted molar refractivity (Wildman–Crippen MR) is 78.2 cm³/mol. The van der Waals surface area contributed by atoms with Crippen molar-refractivity contribution in [1.82, 2.24) is 10.2 Å². The lowest BCUT2D eigenvalue weighted by Gasteiger charge is -2.41. The van der Waals surface area contributed by atoms with Crippen LogP contribution in [0.5, 0.6) is 0 Å². The average Bonchev–Trinajstić information content (AvgIpc) is 2.96. The Hall–Kier alpha value is -1.37. The molecule has 0 radical (unpaired) electrons. The number of carbonyl (C=O) groups is 1. The summed E-state index contributed by atoms with van der Waals surface area (Å²) in [6.45, 7) is 9.37. The molecule has 0 amide bonds. The highest BCUT2D eigenvalue weighted by Gasteiger charge is 2.27. The fraction of sp³-hybridized carbons (Fsp3) is 0.667. The molecule has 2 heterocycles. The van der Waals surface area contributed by atoms with Gasteiger partial charge in [0.15, 0.2) is 0 Å². The molecule has 0 bridgehead atoms. The zero-order chi connectivity index (χ0) is 15.3. The third-order valence-electron chi connectivity index (χ3n) is 3.80. The largest absolute Gasteiger partial charge is 0.467 e. The van der Waals surface area contributed by atoms with Crippen LogP contribution < -0.4 is 5.32 Å². The minimum Gasteiger partial charge on any atom is -0.467 e. The lowest BCUT2D eigenvalue weighted by molar-refractivity contribution is -0.00976. The van der Waals surface area contributed by atoms with Crippen LogP contribution in [0.15, 0.2) is 16.7 Å². The van der Waals surface area contributed by atoms with Crippen LogP contribution in [-0.4, -0.2) is 56.4 Å². The number of nitrogens with one attached hydrogen (secondary N) is 1. The van der Waals surface area contributed by atoms with Crippen LogP contribution in [0.25, 0.3) is 0 Å². The first kappa shape index (κ1) is 16.0. The van der Waals surface area contributed by atoms with E-state index in [0.717, 1.165) is 38.6 Å². The predicted octanol–water partition coefficient (Wildman–Crippen LogP) is 1.27. The second kappa shape index (κ2) is 7.06. The lowest BCUT2D eigenvalue weighted by Crippen LogP contribution is -2.54. The molecule has 6 heteroatoms. The molecule has 1 aliphatic heterocycles. The summed E-state index contributed by atoms with van der Waals surface area (Å²) in [6.07, 6.45) is 1.43. The average molecular weight is 296 g/mol. The van der Waals surface area contributed by atoms with Gasteiger partial charge in [-0.3, -0.25) is 4.90 Å². The van der Waals surface area contributed by atoms with Crippen molar-refractivity contribution in [3.05, 3.63) is 23.7 Å². The molecule has 2 rings (SSSR count). The molecule has 0 aliphatic carbocycles. The summed E-state index contributed by atoms with van der Waals surface area (Å²) in [4.78, 5) is 13.8. The smallest absolute Gasteiger partial charge is 0.341 e. The molecule has 1 aromatic heterocycles. The van der Waals surface area contributed by atoms with Crippen LogP contribution in [0.2, 0.25) is 0 Å². The number of nitrogens with zero attached hydrogens (tertiary/aromatic N) is 1. The zero-order valence-corrected chi connectivity index (χ0v) is 13.0. The van der Waals surface area contributed by atoms with E-state index in [-0.39, 0.29) is 11.5 Å². The highest BCUT2D eigenvalue weighted by Crippen LogP contribution is 2.15. The molecule has 118 valence electrons. The number of ether oxygens (including phenoxy) is 2. The first-order chi connectivity index (χ1) is 10.0. The Labute approximate surface area is 125 Å². The maximum atomic E-state index is 11.3. The summed E-state index contributed by atoms with van der Waals surface area (Å²) in [7, 11) is 1.36. The van der Waals surface area contributed by atoms with E-state index in [4.69, 9.17) is 9.15 Å². The first-order valence-electron chi connectivity index (χ1n) is 7.22. The molecule has 1 N–H and O–H groups in total. The van der Waals surface area contributed by atoms with Crippen molar-refractivity contribution in [2.24, 2.45) is 0 Å². The van der Waals surface area contributed by atoms with Crippen molar-refractivity contribution in [3.8, 4) is 0 Å². The fourth-order valence-corrected chi connectivity index (χ4v) is 2.47.